The lowest BCUT2D eigenvalue weighted by Gasteiger charge is -2.20. The Balaban J connectivity index is 4.40. The van der Waals surface area contributed by atoms with Crippen LogP contribution in [0.25, 0.3) is 0 Å². The fourth-order valence-corrected chi connectivity index (χ4v) is 1.06. The van der Waals surface area contributed by atoms with Gasteiger partial charge in [-0.3, -0.25) is 4.99 Å². The number of aliphatic imine (C=N–C) groups is 1. The second kappa shape index (κ2) is 6.46. The SMILES string of the molecule is C=CN=C/C(C)=C(\C)N(C)CCC. The maximum Gasteiger partial charge on any atom is 0.0313 e. The summed E-state index contributed by atoms with van der Waals surface area (Å²) in [6.45, 7) is 11.0. The summed E-state index contributed by atoms with van der Waals surface area (Å²) < 4.78 is 0. The van der Waals surface area contributed by atoms with Gasteiger partial charge in [0.2, 0.25) is 0 Å². The van der Waals surface area contributed by atoms with Crippen molar-refractivity contribution in [1.29, 1.82) is 0 Å². The van der Waals surface area contributed by atoms with Gasteiger partial charge in [-0.2, -0.15) is 0 Å². The molecule has 0 saturated heterocycles. The molecule has 0 aliphatic heterocycles. The van der Waals surface area contributed by atoms with Crippen molar-refractivity contribution in [2.75, 3.05) is 13.6 Å². The molecule has 0 fully saturated rings. The number of hydrogen-bond donors (Lipinski definition) is 0. The standard InChI is InChI=1S/C11H20N2/c1-6-8-13(5)11(4)10(3)9-12-7-2/h7,9H,2,6,8H2,1,3-5H3/b11-10+,12-9?. The highest BCUT2D eigenvalue weighted by Crippen LogP contribution is 2.06. The van der Waals surface area contributed by atoms with Gasteiger partial charge in [-0.1, -0.05) is 13.5 Å². The highest BCUT2D eigenvalue weighted by Gasteiger charge is 1.99. The van der Waals surface area contributed by atoms with Gasteiger partial charge in [-0.05, 0) is 25.8 Å². The Kier molecular flexibility index (Phi) is 5.94. The Labute approximate surface area is 81.7 Å². The topological polar surface area (TPSA) is 15.6 Å². The Hall–Kier alpha value is -1.05. The minimum atomic E-state index is 1.09. The van der Waals surface area contributed by atoms with E-state index in [-0.39, 0.29) is 0 Å². The summed E-state index contributed by atoms with van der Waals surface area (Å²) >= 11 is 0. The summed E-state index contributed by atoms with van der Waals surface area (Å²) in [5.74, 6) is 0. The highest BCUT2D eigenvalue weighted by molar-refractivity contribution is 5.78. The molecule has 0 aliphatic carbocycles. The Morgan fingerprint density at radius 3 is 2.54 bits per heavy atom. The molecule has 0 aliphatic rings. The monoisotopic (exact) mass is 180 g/mol. The van der Waals surface area contributed by atoms with Gasteiger partial charge in [0.05, 0.1) is 0 Å². The molecule has 0 saturated carbocycles. The van der Waals surface area contributed by atoms with E-state index in [1.807, 2.05) is 6.21 Å². The lowest BCUT2D eigenvalue weighted by molar-refractivity contribution is 0.415. The molecule has 0 radical (unpaired) electrons. The number of allylic oxidation sites excluding steroid dienone is 2. The highest BCUT2D eigenvalue weighted by atomic mass is 15.1. The third kappa shape index (κ3) is 4.51. The molecule has 0 bridgehead atoms. The smallest absolute Gasteiger partial charge is 0.0313 e. The molecule has 2 heteroatoms. The van der Waals surface area contributed by atoms with E-state index >= 15 is 0 Å². The van der Waals surface area contributed by atoms with E-state index in [2.05, 4.69) is 44.3 Å². The minimum absolute atomic E-state index is 1.09. The van der Waals surface area contributed by atoms with Crippen molar-refractivity contribution in [3.8, 4) is 0 Å². The van der Waals surface area contributed by atoms with E-state index in [1.54, 1.807) is 6.20 Å². The van der Waals surface area contributed by atoms with Crippen LogP contribution in [0.4, 0.5) is 0 Å². The van der Waals surface area contributed by atoms with Crippen molar-refractivity contribution in [1.82, 2.24) is 4.90 Å². The second-order valence-electron chi connectivity index (χ2n) is 3.15. The fourth-order valence-electron chi connectivity index (χ4n) is 1.06. The zero-order valence-corrected chi connectivity index (χ0v) is 9.17. The van der Waals surface area contributed by atoms with Crippen LogP contribution >= 0.6 is 0 Å². The van der Waals surface area contributed by atoms with Crippen LogP contribution in [-0.4, -0.2) is 24.7 Å². The molecule has 0 aromatic heterocycles. The zero-order valence-electron chi connectivity index (χ0n) is 9.17. The third-order valence-electron chi connectivity index (χ3n) is 2.08. The molecule has 13 heavy (non-hydrogen) atoms. The average molecular weight is 180 g/mol. The average Bonchev–Trinajstić information content (AvgIpc) is 2.13. The summed E-state index contributed by atoms with van der Waals surface area (Å²) in [6, 6.07) is 0. The van der Waals surface area contributed by atoms with Crippen LogP contribution in [-0.2, 0) is 0 Å². The van der Waals surface area contributed by atoms with Gasteiger partial charge in [0.15, 0.2) is 0 Å². The van der Waals surface area contributed by atoms with Gasteiger partial charge in [0.1, 0.15) is 0 Å². The maximum absolute atomic E-state index is 3.99. The first-order valence-corrected chi connectivity index (χ1v) is 4.66. The molecule has 0 atom stereocenters. The first kappa shape index (κ1) is 11.9. The normalized spacial score (nSPS) is 12.9. The predicted molar refractivity (Wildman–Crippen MR) is 60.0 cm³/mol. The van der Waals surface area contributed by atoms with E-state index in [9.17, 15) is 0 Å². The van der Waals surface area contributed by atoms with Crippen molar-refractivity contribution in [2.45, 2.75) is 27.2 Å². The number of hydrogen-bond acceptors (Lipinski definition) is 2. The third-order valence-corrected chi connectivity index (χ3v) is 2.08. The van der Waals surface area contributed by atoms with E-state index in [0.717, 1.165) is 6.54 Å². The minimum Gasteiger partial charge on any atom is -0.378 e. The second-order valence-corrected chi connectivity index (χ2v) is 3.15. The zero-order chi connectivity index (χ0) is 10.3. The molecule has 2 nitrogen and oxygen atoms in total. The van der Waals surface area contributed by atoms with E-state index < -0.39 is 0 Å². The Morgan fingerprint density at radius 2 is 2.08 bits per heavy atom. The lowest BCUT2D eigenvalue weighted by Crippen LogP contribution is -2.18. The van der Waals surface area contributed by atoms with E-state index in [1.165, 1.54) is 17.7 Å². The first-order chi connectivity index (χ1) is 6.13. The van der Waals surface area contributed by atoms with Crippen LogP contribution in [0.2, 0.25) is 0 Å². The largest absolute Gasteiger partial charge is 0.378 e. The van der Waals surface area contributed by atoms with Gasteiger partial charge in [0.25, 0.3) is 0 Å². The molecule has 0 amide bonds. The molecule has 0 spiro atoms. The first-order valence-electron chi connectivity index (χ1n) is 4.66. The van der Waals surface area contributed by atoms with Crippen molar-refractivity contribution in [2.24, 2.45) is 4.99 Å². The van der Waals surface area contributed by atoms with Crippen molar-refractivity contribution >= 4 is 6.21 Å². The molecule has 0 heterocycles. The van der Waals surface area contributed by atoms with E-state index in [0.29, 0.717) is 0 Å². The predicted octanol–water partition coefficient (Wildman–Crippen LogP) is 2.84. The lowest BCUT2D eigenvalue weighted by atomic mass is 10.2. The van der Waals surface area contributed by atoms with Crippen LogP contribution in [0.5, 0.6) is 0 Å². The molecule has 0 rings (SSSR count). The Morgan fingerprint density at radius 1 is 1.46 bits per heavy atom. The van der Waals surface area contributed by atoms with E-state index in [4.69, 9.17) is 0 Å². The van der Waals surface area contributed by atoms with Crippen LogP contribution in [0.15, 0.2) is 29.0 Å². The summed E-state index contributed by atoms with van der Waals surface area (Å²) in [5, 5.41) is 0. The van der Waals surface area contributed by atoms with Crippen LogP contribution in [0.3, 0.4) is 0 Å². The fraction of sp³-hybridized carbons (Fsp3) is 0.545. The molecule has 0 aromatic carbocycles. The van der Waals surface area contributed by atoms with Gasteiger partial charge in [-0.15, -0.1) is 0 Å². The number of nitrogens with zero attached hydrogens (tertiary/aromatic N) is 2. The molecular weight excluding hydrogens is 160 g/mol. The molecular formula is C11H20N2. The van der Waals surface area contributed by atoms with Gasteiger partial charge < -0.3 is 4.90 Å². The van der Waals surface area contributed by atoms with Gasteiger partial charge in [-0.25, -0.2) is 0 Å². The molecule has 0 aromatic rings. The summed E-state index contributed by atoms with van der Waals surface area (Å²) in [7, 11) is 2.10. The van der Waals surface area contributed by atoms with Gasteiger partial charge in [0, 0.05) is 31.7 Å². The van der Waals surface area contributed by atoms with Crippen molar-refractivity contribution in [3.63, 3.8) is 0 Å². The summed E-state index contributed by atoms with van der Waals surface area (Å²) in [6.07, 6.45) is 4.56. The summed E-state index contributed by atoms with van der Waals surface area (Å²) in [4.78, 5) is 6.23. The van der Waals surface area contributed by atoms with Crippen LogP contribution < -0.4 is 0 Å². The quantitative estimate of drug-likeness (QED) is 0.594. The van der Waals surface area contributed by atoms with Crippen molar-refractivity contribution < 1.29 is 0 Å². The molecule has 74 valence electrons. The Bertz CT molecular complexity index is 214. The molecule has 0 unspecified atom stereocenters. The van der Waals surface area contributed by atoms with Crippen LogP contribution in [0.1, 0.15) is 27.2 Å². The van der Waals surface area contributed by atoms with Gasteiger partial charge >= 0.3 is 0 Å². The maximum atomic E-state index is 3.99. The summed E-state index contributed by atoms with van der Waals surface area (Å²) in [5.41, 5.74) is 2.46. The number of rotatable bonds is 5. The van der Waals surface area contributed by atoms with Crippen molar-refractivity contribution in [3.05, 3.63) is 24.0 Å². The molecule has 0 N–H and O–H groups in total. The van der Waals surface area contributed by atoms with Crippen LogP contribution in [0, 0.1) is 0 Å².